The van der Waals surface area contributed by atoms with E-state index in [2.05, 4.69) is 10.3 Å². The van der Waals surface area contributed by atoms with Gasteiger partial charge in [-0.1, -0.05) is 49.6 Å². The zero-order valence-corrected chi connectivity index (χ0v) is 18.3. The molecule has 1 saturated carbocycles. The molecule has 3 aromatic rings. The number of hydrogen-bond acceptors (Lipinski definition) is 5. The van der Waals surface area contributed by atoms with Gasteiger partial charge in [0.05, 0.1) is 19.5 Å². The van der Waals surface area contributed by atoms with E-state index in [0.717, 1.165) is 35.8 Å². The van der Waals surface area contributed by atoms with Gasteiger partial charge in [-0.15, -0.1) is 0 Å². The third-order valence-corrected chi connectivity index (χ3v) is 5.98. The maximum absolute atomic E-state index is 13.3. The number of methoxy groups -OCH3 is 1. The molecule has 1 fully saturated rings. The molecule has 0 radical (unpaired) electrons. The Labute approximate surface area is 185 Å². The maximum atomic E-state index is 13.3. The van der Waals surface area contributed by atoms with E-state index >= 15 is 0 Å². The lowest BCUT2D eigenvalue weighted by atomic mass is 9.95. The second-order valence-electron chi connectivity index (χ2n) is 8.25. The summed E-state index contributed by atoms with van der Waals surface area (Å²) < 4.78 is 9.30. The first-order valence-corrected chi connectivity index (χ1v) is 11.1. The normalized spacial score (nSPS) is 14.7. The van der Waals surface area contributed by atoms with E-state index in [4.69, 9.17) is 4.74 Å². The molecular weight excluding hydrogens is 410 g/mol. The van der Waals surface area contributed by atoms with Crippen LogP contribution in [0.2, 0.25) is 0 Å². The summed E-state index contributed by atoms with van der Waals surface area (Å²) in [5.41, 5.74) is 0.454. The predicted molar refractivity (Wildman–Crippen MR) is 121 cm³/mol. The lowest BCUT2D eigenvalue weighted by molar-refractivity contribution is -0.122. The van der Waals surface area contributed by atoms with Crippen LogP contribution in [0, 0.1) is 0 Å². The van der Waals surface area contributed by atoms with Crippen LogP contribution in [0.4, 0.5) is 0 Å². The Morgan fingerprint density at radius 1 is 1.12 bits per heavy atom. The third-order valence-electron chi connectivity index (χ3n) is 5.98. The highest BCUT2D eigenvalue weighted by molar-refractivity contribution is 5.77. The quantitative estimate of drug-likeness (QED) is 0.573. The van der Waals surface area contributed by atoms with Crippen molar-refractivity contribution in [1.82, 2.24) is 24.0 Å². The first-order valence-electron chi connectivity index (χ1n) is 11.1. The van der Waals surface area contributed by atoms with Crippen molar-refractivity contribution < 1.29 is 9.53 Å². The summed E-state index contributed by atoms with van der Waals surface area (Å²) in [6.45, 7) is 0.751. The summed E-state index contributed by atoms with van der Waals surface area (Å²) in [7, 11) is 1.58. The molecule has 0 spiro atoms. The second kappa shape index (κ2) is 9.95. The van der Waals surface area contributed by atoms with Crippen LogP contribution in [0.5, 0.6) is 0 Å². The minimum absolute atomic E-state index is 0.106. The van der Waals surface area contributed by atoms with Gasteiger partial charge in [-0.3, -0.25) is 14.2 Å². The highest BCUT2D eigenvalue weighted by atomic mass is 16.5. The van der Waals surface area contributed by atoms with Crippen molar-refractivity contribution in [3.05, 3.63) is 63.1 Å². The average Bonchev–Trinajstić information content (AvgIpc) is 3.23. The standard InChI is InChI=1S/C23H29N5O4/c1-32-13-12-26-16-24-21-20(26)22(30)28(15-19(29)25-18-10-6-3-7-11-18)23(31)27(21)14-17-8-4-2-5-9-17/h2,4-5,8-9,16,18H,3,6-7,10-15H2,1H3,(H,25,29). The molecule has 9 heteroatoms. The Morgan fingerprint density at radius 3 is 2.59 bits per heavy atom. The Hall–Kier alpha value is -3.20. The van der Waals surface area contributed by atoms with E-state index in [1.54, 1.807) is 18.0 Å². The van der Waals surface area contributed by atoms with Crippen LogP contribution in [0.3, 0.4) is 0 Å². The molecule has 32 heavy (non-hydrogen) atoms. The van der Waals surface area contributed by atoms with Gasteiger partial charge in [0, 0.05) is 19.7 Å². The fourth-order valence-electron chi connectivity index (χ4n) is 4.31. The molecule has 0 atom stereocenters. The highest BCUT2D eigenvalue weighted by Crippen LogP contribution is 2.17. The molecule has 1 N–H and O–H groups in total. The van der Waals surface area contributed by atoms with Crippen LogP contribution in [-0.2, 0) is 29.2 Å². The largest absolute Gasteiger partial charge is 0.383 e. The van der Waals surface area contributed by atoms with Crippen LogP contribution < -0.4 is 16.6 Å². The second-order valence-corrected chi connectivity index (χ2v) is 8.25. The van der Waals surface area contributed by atoms with Gasteiger partial charge in [0.25, 0.3) is 5.56 Å². The van der Waals surface area contributed by atoms with Gasteiger partial charge in [-0.25, -0.2) is 14.3 Å². The van der Waals surface area contributed by atoms with Gasteiger partial charge in [-0.05, 0) is 18.4 Å². The lowest BCUT2D eigenvalue weighted by Crippen LogP contribution is -2.46. The lowest BCUT2D eigenvalue weighted by Gasteiger charge is -2.23. The minimum atomic E-state index is -0.540. The number of rotatable bonds is 8. The third kappa shape index (κ3) is 4.67. The van der Waals surface area contributed by atoms with Crippen LogP contribution >= 0.6 is 0 Å². The van der Waals surface area contributed by atoms with Gasteiger partial charge < -0.3 is 14.6 Å². The molecule has 1 aromatic carbocycles. The van der Waals surface area contributed by atoms with E-state index in [9.17, 15) is 14.4 Å². The first kappa shape index (κ1) is 22.0. The summed E-state index contributed by atoms with van der Waals surface area (Å²) in [5.74, 6) is -0.315. The number of imidazole rings is 1. The van der Waals surface area contributed by atoms with Crippen molar-refractivity contribution in [3.63, 3.8) is 0 Å². The number of carbonyl (C=O) groups is 1. The molecule has 2 heterocycles. The van der Waals surface area contributed by atoms with Crippen molar-refractivity contribution in [1.29, 1.82) is 0 Å². The molecular formula is C23H29N5O4. The number of fused-ring (bicyclic) bond motifs is 1. The summed E-state index contributed by atoms with van der Waals surface area (Å²) in [6, 6.07) is 9.61. The molecule has 0 saturated heterocycles. The number of nitrogens with one attached hydrogen (secondary N) is 1. The van der Waals surface area contributed by atoms with Crippen molar-refractivity contribution in [3.8, 4) is 0 Å². The molecule has 170 valence electrons. The summed E-state index contributed by atoms with van der Waals surface area (Å²) in [5, 5.41) is 2.99. The van der Waals surface area contributed by atoms with Crippen molar-refractivity contribution in [2.45, 2.75) is 57.8 Å². The van der Waals surface area contributed by atoms with Crippen molar-refractivity contribution in [2.24, 2.45) is 0 Å². The Morgan fingerprint density at radius 2 is 1.88 bits per heavy atom. The predicted octanol–water partition coefficient (Wildman–Crippen LogP) is 1.50. The average molecular weight is 440 g/mol. The summed E-state index contributed by atoms with van der Waals surface area (Å²) in [6.07, 6.45) is 6.75. The number of benzene rings is 1. The number of hydrogen-bond donors (Lipinski definition) is 1. The van der Waals surface area contributed by atoms with Crippen LogP contribution in [0.15, 0.2) is 46.2 Å². The zero-order valence-electron chi connectivity index (χ0n) is 18.3. The Balaban J connectivity index is 1.74. The fourth-order valence-corrected chi connectivity index (χ4v) is 4.31. The van der Waals surface area contributed by atoms with E-state index in [-0.39, 0.29) is 25.0 Å². The van der Waals surface area contributed by atoms with Gasteiger partial charge in [0.1, 0.15) is 6.54 Å². The zero-order chi connectivity index (χ0) is 22.5. The monoisotopic (exact) mass is 439 g/mol. The van der Waals surface area contributed by atoms with Gasteiger partial charge >= 0.3 is 5.69 Å². The number of ether oxygens (including phenoxy) is 1. The Kier molecular flexibility index (Phi) is 6.84. The maximum Gasteiger partial charge on any atom is 0.333 e. The molecule has 0 unspecified atom stereocenters. The number of amides is 1. The fraction of sp³-hybridized carbons (Fsp3) is 0.478. The number of nitrogens with zero attached hydrogens (tertiary/aromatic N) is 4. The van der Waals surface area contributed by atoms with Crippen molar-refractivity contribution >= 4 is 17.1 Å². The van der Waals surface area contributed by atoms with E-state index in [1.807, 2.05) is 30.3 Å². The molecule has 1 aliphatic carbocycles. The van der Waals surface area contributed by atoms with Crippen molar-refractivity contribution in [2.75, 3.05) is 13.7 Å². The van der Waals surface area contributed by atoms with Gasteiger partial charge in [-0.2, -0.15) is 0 Å². The first-order chi connectivity index (χ1) is 15.6. The highest BCUT2D eigenvalue weighted by Gasteiger charge is 2.21. The molecule has 4 rings (SSSR count). The molecule has 1 aliphatic rings. The van der Waals surface area contributed by atoms with Gasteiger partial charge in [0.2, 0.25) is 5.91 Å². The molecule has 0 bridgehead atoms. The van der Waals surface area contributed by atoms with E-state index in [1.165, 1.54) is 11.0 Å². The van der Waals surface area contributed by atoms with E-state index < -0.39 is 11.2 Å². The number of aromatic nitrogens is 4. The molecule has 0 aliphatic heterocycles. The molecule has 1 amide bonds. The van der Waals surface area contributed by atoms with Crippen LogP contribution in [-0.4, -0.2) is 44.4 Å². The smallest absolute Gasteiger partial charge is 0.333 e. The van der Waals surface area contributed by atoms with Gasteiger partial charge in [0.15, 0.2) is 11.2 Å². The SMILES string of the molecule is COCCn1cnc2c1c(=O)n(CC(=O)NC1CCCCC1)c(=O)n2Cc1ccccc1. The Bertz CT molecular complexity index is 1190. The molecule has 9 nitrogen and oxygen atoms in total. The molecule has 2 aromatic heterocycles. The van der Waals surface area contributed by atoms with Crippen LogP contribution in [0.1, 0.15) is 37.7 Å². The van der Waals surface area contributed by atoms with Crippen LogP contribution in [0.25, 0.3) is 11.2 Å². The van der Waals surface area contributed by atoms with E-state index in [0.29, 0.717) is 24.3 Å². The number of carbonyl (C=O) groups excluding carboxylic acids is 1. The minimum Gasteiger partial charge on any atom is -0.383 e. The summed E-state index contributed by atoms with van der Waals surface area (Å²) in [4.78, 5) is 43.7. The summed E-state index contributed by atoms with van der Waals surface area (Å²) >= 11 is 0. The topological polar surface area (TPSA) is 100 Å².